The van der Waals surface area contributed by atoms with Gasteiger partial charge in [-0.2, -0.15) is 0 Å². The van der Waals surface area contributed by atoms with Crippen molar-refractivity contribution in [2.75, 3.05) is 13.2 Å². The minimum atomic E-state index is -0.768. The summed E-state index contributed by atoms with van der Waals surface area (Å²) in [5.41, 5.74) is 0. The molecule has 0 aliphatic heterocycles. The van der Waals surface area contributed by atoms with Crippen LogP contribution in [0.5, 0.6) is 0 Å². The molecule has 0 heterocycles. The number of hydrogen-bond acceptors (Lipinski definition) is 6. The highest BCUT2D eigenvalue weighted by atomic mass is 16.6. The molecule has 0 bridgehead atoms. The molecule has 414 valence electrons. The first-order chi connectivity index (χ1) is 34.5. The van der Waals surface area contributed by atoms with Crippen LogP contribution in [0.1, 0.15) is 361 Å². The van der Waals surface area contributed by atoms with E-state index in [1.165, 1.54) is 257 Å². The molecular weight excluding hydrogens is 865 g/mol. The average molecular weight is 988 g/mol. The van der Waals surface area contributed by atoms with E-state index in [-0.39, 0.29) is 31.1 Å². The van der Waals surface area contributed by atoms with Gasteiger partial charge < -0.3 is 14.2 Å². The molecular formula is C64H122O6. The van der Waals surface area contributed by atoms with Gasteiger partial charge in [0.05, 0.1) is 0 Å². The zero-order valence-corrected chi connectivity index (χ0v) is 47.6. The first-order valence-corrected chi connectivity index (χ1v) is 31.7. The van der Waals surface area contributed by atoms with Crippen molar-refractivity contribution < 1.29 is 28.6 Å². The number of hydrogen-bond donors (Lipinski definition) is 0. The first-order valence-electron chi connectivity index (χ1n) is 31.7. The summed E-state index contributed by atoms with van der Waals surface area (Å²) in [5, 5.41) is 0. The van der Waals surface area contributed by atoms with Crippen molar-refractivity contribution in [3.63, 3.8) is 0 Å². The number of esters is 3. The van der Waals surface area contributed by atoms with Crippen LogP contribution in [-0.4, -0.2) is 37.2 Å². The Bertz CT molecular complexity index is 1090. The second-order valence-electron chi connectivity index (χ2n) is 21.7. The summed E-state index contributed by atoms with van der Waals surface area (Å²) in [7, 11) is 0. The van der Waals surface area contributed by atoms with E-state index >= 15 is 0 Å². The highest BCUT2D eigenvalue weighted by molar-refractivity contribution is 5.71. The lowest BCUT2D eigenvalue weighted by Crippen LogP contribution is -2.30. The molecule has 6 nitrogen and oxygen atoms in total. The molecule has 70 heavy (non-hydrogen) atoms. The van der Waals surface area contributed by atoms with Gasteiger partial charge in [0, 0.05) is 19.3 Å². The van der Waals surface area contributed by atoms with Crippen LogP contribution in [0.25, 0.3) is 0 Å². The lowest BCUT2D eigenvalue weighted by atomic mass is 10.0. The third-order valence-corrected chi connectivity index (χ3v) is 14.5. The van der Waals surface area contributed by atoms with Gasteiger partial charge >= 0.3 is 17.9 Å². The van der Waals surface area contributed by atoms with Crippen LogP contribution in [0.2, 0.25) is 0 Å². The molecule has 0 radical (unpaired) electrons. The smallest absolute Gasteiger partial charge is 0.306 e. The Morgan fingerprint density at radius 2 is 0.486 bits per heavy atom. The Morgan fingerprint density at radius 3 is 0.757 bits per heavy atom. The molecule has 0 aliphatic carbocycles. The highest BCUT2D eigenvalue weighted by Crippen LogP contribution is 2.18. The van der Waals surface area contributed by atoms with Gasteiger partial charge in [-0.25, -0.2) is 0 Å². The molecule has 0 N–H and O–H groups in total. The quantitative estimate of drug-likeness (QED) is 0.0261. The average Bonchev–Trinajstić information content (AvgIpc) is 3.36. The minimum Gasteiger partial charge on any atom is -0.462 e. The van der Waals surface area contributed by atoms with Crippen LogP contribution >= 0.6 is 0 Å². The largest absolute Gasteiger partial charge is 0.462 e. The highest BCUT2D eigenvalue weighted by Gasteiger charge is 2.19. The van der Waals surface area contributed by atoms with Crippen molar-refractivity contribution in [2.24, 2.45) is 0 Å². The number of allylic oxidation sites excluding steroid dienone is 2. The van der Waals surface area contributed by atoms with E-state index in [9.17, 15) is 14.4 Å². The molecule has 0 saturated heterocycles. The summed E-state index contributed by atoms with van der Waals surface area (Å²) in [6.07, 6.45) is 69.7. The predicted molar refractivity (Wildman–Crippen MR) is 303 cm³/mol. The summed E-state index contributed by atoms with van der Waals surface area (Å²) in [6, 6.07) is 0. The van der Waals surface area contributed by atoms with E-state index in [0.29, 0.717) is 19.3 Å². The molecule has 0 spiro atoms. The maximum absolute atomic E-state index is 12.8. The Kier molecular flexibility index (Phi) is 58.1. The van der Waals surface area contributed by atoms with E-state index in [0.717, 1.165) is 64.2 Å². The summed E-state index contributed by atoms with van der Waals surface area (Å²) >= 11 is 0. The molecule has 0 saturated carbocycles. The van der Waals surface area contributed by atoms with E-state index in [4.69, 9.17) is 14.2 Å². The van der Waals surface area contributed by atoms with Crippen LogP contribution in [0, 0.1) is 0 Å². The Labute approximate surface area is 437 Å². The normalized spacial score (nSPS) is 12.0. The molecule has 0 rings (SSSR count). The molecule has 0 aromatic heterocycles. The van der Waals surface area contributed by atoms with Crippen molar-refractivity contribution in [2.45, 2.75) is 367 Å². The van der Waals surface area contributed by atoms with Gasteiger partial charge in [0.15, 0.2) is 6.10 Å². The second-order valence-corrected chi connectivity index (χ2v) is 21.7. The number of ether oxygens (including phenoxy) is 3. The summed E-state index contributed by atoms with van der Waals surface area (Å²) < 4.78 is 16.8. The van der Waals surface area contributed by atoms with Crippen LogP contribution in [0.3, 0.4) is 0 Å². The van der Waals surface area contributed by atoms with Crippen LogP contribution in [0.15, 0.2) is 12.2 Å². The Balaban J connectivity index is 4.00. The van der Waals surface area contributed by atoms with Gasteiger partial charge in [-0.15, -0.1) is 0 Å². The van der Waals surface area contributed by atoms with Gasteiger partial charge in [-0.3, -0.25) is 14.4 Å². The van der Waals surface area contributed by atoms with E-state index < -0.39 is 6.10 Å². The molecule has 0 aromatic carbocycles. The van der Waals surface area contributed by atoms with Crippen molar-refractivity contribution in [3.8, 4) is 0 Å². The summed E-state index contributed by atoms with van der Waals surface area (Å²) in [5.74, 6) is -0.856. The van der Waals surface area contributed by atoms with Crippen LogP contribution in [0.4, 0.5) is 0 Å². The van der Waals surface area contributed by atoms with Crippen molar-refractivity contribution in [3.05, 3.63) is 12.2 Å². The molecule has 0 fully saturated rings. The fraction of sp³-hybridized carbons (Fsp3) is 0.922. The molecule has 0 amide bonds. The molecule has 1 unspecified atom stereocenters. The van der Waals surface area contributed by atoms with Crippen molar-refractivity contribution in [1.82, 2.24) is 0 Å². The molecule has 1 atom stereocenters. The molecule has 0 aliphatic rings. The van der Waals surface area contributed by atoms with Crippen molar-refractivity contribution >= 4 is 17.9 Å². The summed E-state index contributed by atoms with van der Waals surface area (Å²) in [6.45, 7) is 6.64. The number of rotatable bonds is 59. The van der Waals surface area contributed by atoms with E-state index in [1.807, 2.05) is 0 Å². The molecule has 6 heteroatoms. The lowest BCUT2D eigenvalue weighted by Gasteiger charge is -2.18. The minimum absolute atomic E-state index is 0.0678. The van der Waals surface area contributed by atoms with Gasteiger partial charge in [0.25, 0.3) is 0 Å². The van der Waals surface area contributed by atoms with E-state index in [1.54, 1.807) is 0 Å². The Hall–Kier alpha value is -1.85. The monoisotopic (exact) mass is 987 g/mol. The van der Waals surface area contributed by atoms with E-state index in [2.05, 4.69) is 32.9 Å². The fourth-order valence-corrected chi connectivity index (χ4v) is 9.72. The van der Waals surface area contributed by atoms with Crippen LogP contribution < -0.4 is 0 Å². The van der Waals surface area contributed by atoms with Gasteiger partial charge in [-0.1, -0.05) is 315 Å². The zero-order chi connectivity index (χ0) is 50.7. The topological polar surface area (TPSA) is 78.9 Å². The third-order valence-electron chi connectivity index (χ3n) is 14.5. The standard InChI is InChI=1S/C64H122O6/c1-4-7-10-13-16-19-22-23-24-25-26-27-28-29-30-31-32-33-34-35-36-37-38-39-40-43-45-48-51-54-57-63(66)69-60-61(70-64(67)58-55-52-49-46-42-21-18-15-12-9-6-3)59-68-62(65)56-53-50-47-44-41-20-17-14-11-8-5-2/h15,18,61H,4-14,16-17,19-60H2,1-3H3/b18-15-. The number of carbonyl (C=O) groups excluding carboxylic acids is 3. The van der Waals surface area contributed by atoms with Crippen LogP contribution in [-0.2, 0) is 28.6 Å². The van der Waals surface area contributed by atoms with Gasteiger partial charge in [0.2, 0.25) is 0 Å². The molecule has 0 aromatic rings. The first kappa shape index (κ1) is 68.2. The second kappa shape index (κ2) is 59.7. The SMILES string of the molecule is CCCC/C=C\CCCCCCCC(=O)OC(COC(=O)CCCCCCCCCCCCC)COC(=O)CCCCCCCCCCCCCCCCCCCCCCCCCCCCCCCC. The number of carbonyl (C=O) groups is 3. The predicted octanol–water partition coefficient (Wildman–Crippen LogP) is 21.3. The fourth-order valence-electron chi connectivity index (χ4n) is 9.72. The van der Waals surface area contributed by atoms with Gasteiger partial charge in [-0.05, 0) is 38.5 Å². The van der Waals surface area contributed by atoms with Crippen molar-refractivity contribution in [1.29, 1.82) is 0 Å². The maximum Gasteiger partial charge on any atom is 0.306 e. The Morgan fingerprint density at radius 1 is 0.271 bits per heavy atom. The summed E-state index contributed by atoms with van der Waals surface area (Å²) in [4.78, 5) is 38.0. The lowest BCUT2D eigenvalue weighted by molar-refractivity contribution is -0.167. The third kappa shape index (κ3) is 57.1. The maximum atomic E-state index is 12.8. The zero-order valence-electron chi connectivity index (χ0n) is 47.6. The number of unbranched alkanes of at least 4 members (excludes halogenated alkanes) is 46. The van der Waals surface area contributed by atoms with Gasteiger partial charge in [0.1, 0.15) is 13.2 Å².